The normalized spacial score (nSPS) is 15.5. The SMILES string of the molecule is Cc1cc(NC(=O)c2ccc(F)cc2Cl)sc1C(=O)N(C)C1CCN(C)CC1. The molecule has 150 valence electrons. The molecule has 0 saturated carbocycles. The number of carbonyl (C=O) groups is 2. The molecule has 1 fully saturated rings. The first-order valence-corrected chi connectivity index (χ1v) is 10.3. The Morgan fingerprint density at radius 3 is 2.61 bits per heavy atom. The fraction of sp³-hybridized carbons (Fsp3) is 0.400. The molecule has 2 amide bonds. The lowest BCUT2D eigenvalue weighted by molar-refractivity contribution is 0.0663. The highest BCUT2D eigenvalue weighted by atomic mass is 35.5. The first-order valence-electron chi connectivity index (χ1n) is 9.09. The zero-order valence-corrected chi connectivity index (χ0v) is 17.7. The number of amides is 2. The van der Waals surface area contributed by atoms with Gasteiger partial charge in [0.25, 0.3) is 11.8 Å². The number of thiophene rings is 1. The Morgan fingerprint density at radius 1 is 1.29 bits per heavy atom. The van der Waals surface area contributed by atoms with E-state index in [1.165, 1.54) is 23.5 Å². The van der Waals surface area contributed by atoms with Gasteiger partial charge < -0.3 is 15.1 Å². The molecule has 0 bridgehead atoms. The number of nitrogens with zero attached hydrogens (tertiary/aromatic N) is 2. The molecule has 28 heavy (non-hydrogen) atoms. The van der Waals surface area contributed by atoms with Gasteiger partial charge in [0.15, 0.2) is 0 Å². The average Bonchev–Trinajstić information content (AvgIpc) is 3.01. The van der Waals surface area contributed by atoms with E-state index in [-0.39, 0.29) is 22.5 Å². The van der Waals surface area contributed by atoms with Crippen molar-refractivity contribution in [3.63, 3.8) is 0 Å². The lowest BCUT2D eigenvalue weighted by Gasteiger charge is -2.35. The fourth-order valence-electron chi connectivity index (χ4n) is 3.32. The maximum absolute atomic E-state index is 13.2. The van der Waals surface area contributed by atoms with Gasteiger partial charge in [-0.05, 0) is 69.7 Å². The second-order valence-corrected chi connectivity index (χ2v) is 8.61. The van der Waals surface area contributed by atoms with E-state index in [4.69, 9.17) is 11.6 Å². The predicted octanol–water partition coefficient (Wildman–Crippen LogP) is 4.27. The van der Waals surface area contributed by atoms with Gasteiger partial charge in [-0.1, -0.05) is 11.6 Å². The summed E-state index contributed by atoms with van der Waals surface area (Å²) in [6.45, 7) is 3.81. The van der Waals surface area contributed by atoms with Crippen molar-refractivity contribution in [3.05, 3.63) is 51.1 Å². The quantitative estimate of drug-likeness (QED) is 0.799. The second-order valence-electron chi connectivity index (χ2n) is 7.15. The molecule has 0 atom stereocenters. The first kappa shape index (κ1) is 20.8. The van der Waals surface area contributed by atoms with Crippen LogP contribution in [0.3, 0.4) is 0 Å². The van der Waals surface area contributed by atoms with Gasteiger partial charge in [0.05, 0.1) is 20.5 Å². The Hall–Kier alpha value is -1.96. The molecule has 0 radical (unpaired) electrons. The molecular formula is C20H23ClFN3O2S. The van der Waals surface area contributed by atoms with Gasteiger partial charge in [-0.25, -0.2) is 4.39 Å². The molecule has 0 unspecified atom stereocenters. The van der Waals surface area contributed by atoms with Crippen molar-refractivity contribution in [2.45, 2.75) is 25.8 Å². The van der Waals surface area contributed by atoms with Crippen molar-refractivity contribution in [2.24, 2.45) is 0 Å². The van der Waals surface area contributed by atoms with Gasteiger partial charge in [-0.3, -0.25) is 9.59 Å². The van der Waals surface area contributed by atoms with E-state index in [2.05, 4.69) is 17.3 Å². The van der Waals surface area contributed by atoms with Crippen LogP contribution in [0.25, 0.3) is 0 Å². The highest BCUT2D eigenvalue weighted by molar-refractivity contribution is 7.18. The molecule has 5 nitrogen and oxygen atoms in total. The molecule has 1 aromatic carbocycles. The van der Waals surface area contributed by atoms with Crippen LogP contribution in [-0.4, -0.2) is 54.8 Å². The third kappa shape index (κ3) is 4.54. The Kier molecular flexibility index (Phi) is 6.37. The number of likely N-dealkylation sites (tertiary alicyclic amines) is 1. The van der Waals surface area contributed by atoms with E-state index < -0.39 is 11.7 Å². The van der Waals surface area contributed by atoms with Crippen molar-refractivity contribution >= 4 is 39.8 Å². The standard InChI is InChI=1S/C20H23ClFN3O2S/c1-12-10-17(23-19(26)15-5-4-13(22)11-16(15)21)28-18(12)20(27)25(3)14-6-8-24(2)9-7-14/h4-5,10-11,14H,6-9H2,1-3H3,(H,23,26). The van der Waals surface area contributed by atoms with Crippen molar-refractivity contribution in [2.75, 3.05) is 32.5 Å². The van der Waals surface area contributed by atoms with Crippen LogP contribution in [0.2, 0.25) is 5.02 Å². The minimum Gasteiger partial charge on any atom is -0.338 e. The van der Waals surface area contributed by atoms with Crippen molar-refractivity contribution < 1.29 is 14.0 Å². The van der Waals surface area contributed by atoms with Gasteiger partial charge in [0, 0.05) is 13.1 Å². The van der Waals surface area contributed by atoms with Crippen LogP contribution < -0.4 is 5.32 Å². The van der Waals surface area contributed by atoms with Crippen LogP contribution >= 0.6 is 22.9 Å². The van der Waals surface area contributed by atoms with Crippen molar-refractivity contribution in [3.8, 4) is 0 Å². The molecule has 2 heterocycles. The molecule has 1 saturated heterocycles. The van der Waals surface area contributed by atoms with E-state index in [0.29, 0.717) is 9.88 Å². The van der Waals surface area contributed by atoms with Crippen LogP contribution in [0.4, 0.5) is 9.39 Å². The summed E-state index contributed by atoms with van der Waals surface area (Å²) in [7, 11) is 3.93. The summed E-state index contributed by atoms with van der Waals surface area (Å²) >= 11 is 7.20. The third-order valence-electron chi connectivity index (χ3n) is 5.08. The molecule has 1 aliphatic heterocycles. The van der Waals surface area contributed by atoms with Gasteiger partial charge in [-0.2, -0.15) is 0 Å². The van der Waals surface area contributed by atoms with E-state index in [0.717, 1.165) is 37.6 Å². The van der Waals surface area contributed by atoms with E-state index >= 15 is 0 Å². The molecule has 3 rings (SSSR count). The number of nitrogens with one attached hydrogen (secondary N) is 1. The minimum absolute atomic E-state index is 0.0302. The number of benzene rings is 1. The third-order valence-corrected chi connectivity index (χ3v) is 6.53. The number of anilines is 1. The van der Waals surface area contributed by atoms with Gasteiger partial charge in [-0.15, -0.1) is 11.3 Å². The van der Waals surface area contributed by atoms with E-state index in [9.17, 15) is 14.0 Å². The summed E-state index contributed by atoms with van der Waals surface area (Å²) in [5.41, 5.74) is 1.00. The minimum atomic E-state index is -0.502. The number of carbonyl (C=O) groups excluding carboxylic acids is 2. The summed E-state index contributed by atoms with van der Waals surface area (Å²) in [6.07, 6.45) is 1.91. The largest absolute Gasteiger partial charge is 0.338 e. The summed E-state index contributed by atoms with van der Waals surface area (Å²) in [5, 5.41) is 3.36. The highest BCUT2D eigenvalue weighted by Gasteiger charge is 2.27. The topological polar surface area (TPSA) is 52.7 Å². The van der Waals surface area contributed by atoms with Crippen molar-refractivity contribution in [1.29, 1.82) is 0 Å². The predicted molar refractivity (Wildman–Crippen MR) is 111 cm³/mol. The molecule has 0 spiro atoms. The van der Waals surface area contributed by atoms with Crippen LogP contribution in [-0.2, 0) is 0 Å². The molecular weight excluding hydrogens is 401 g/mol. The molecule has 1 aliphatic rings. The highest BCUT2D eigenvalue weighted by Crippen LogP contribution is 2.30. The molecule has 1 aromatic heterocycles. The van der Waals surface area contributed by atoms with Gasteiger partial charge >= 0.3 is 0 Å². The monoisotopic (exact) mass is 423 g/mol. The van der Waals surface area contributed by atoms with Gasteiger partial charge in [0.2, 0.25) is 0 Å². The van der Waals surface area contributed by atoms with E-state index in [1.807, 2.05) is 18.9 Å². The first-order chi connectivity index (χ1) is 13.3. The zero-order valence-electron chi connectivity index (χ0n) is 16.1. The zero-order chi connectivity index (χ0) is 20.4. The summed E-state index contributed by atoms with van der Waals surface area (Å²) in [6, 6.07) is 5.62. The second kappa shape index (κ2) is 8.59. The van der Waals surface area contributed by atoms with E-state index in [1.54, 1.807) is 6.07 Å². The van der Waals surface area contributed by atoms with Crippen LogP contribution in [0.1, 0.15) is 38.4 Å². The maximum Gasteiger partial charge on any atom is 0.264 e. The van der Waals surface area contributed by atoms with Crippen molar-refractivity contribution in [1.82, 2.24) is 9.80 Å². The lowest BCUT2D eigenvalue weighted by Crippen LogP contribution is -2.44. The number of aryl methyl sites for hydroxylation is 1. The number of hydrogen-bond donors (Lipinski definition) is 1. The lowest BCUT2D eigenvalue weighted by atomic mass is 10.0. The molecule has 2 aromatic rings. The Balaban J connectivity index is 1.71. The molecule has 8 heteroatoms. The Bertz CT molecular complexity index is 894. The Labute approximate surface area is 173 Å². The average molecular weight is 424 g/mol. The number of piperidine rings is 1. The number of halogens is 2. The molecule has 0 aliphatic carbocycles. The van der Waals surface area contributed by atoms with Crippen LogP contribution in [0, 0.1) is 12.7 Å². The fourth-order valence-corrected chi connectivity index (χ4v) is 4.62. The summed E-state index contributed by atoms with van der Waals surface area (Å²) < 4.78 is 13.2. The van der Waals surface area contributed by atoms with Crippen LogP contribution in [0.15, 0.2) is 24.3 Å². The van der Waals surface area contributed by atoms with Crippen LogP contribution in [0.5, 0.6) is 0 Å². The summed E-state index contributed by atoms with van der Waals surface area (Å²) in [5.74, 6) is -0.968. The Morgan fingerprint density at radius 2 is 1.96 bits per heavy atom. The maximum atomic E-state index is 13.2. The number of rotatable bonds is 4. The smallest absolute Gasteiger partial charge is 0.264 e. The molecule has 1 N–H and O–H groups in total. The summed E-state index contributed by atoms with van der Waals surface area (Å²) in [4.78, 5) is 30.1. The number of hydrogen-bond acceptors (Lipinski definition) is 4. The van der Waals surface area contributed by atoms with Gasteiger partial charge in [0.1, 0.15) is 5.82 Å².